The van der Waals surface area contributed by atoms with Crippen molar-refractivity contribution in [2.75, 3.05) is 13.1 Å². The van der Waals surface area contributed by atoms with Gasteiger partial charge in [0.2, 0.25) is 0 Å². The molecule has 2 N–H and O–H groups in total. The zero-order chi connectivity index (χ0) is 11.2. The van der Waals surface area contributed by atoms with Gasteiger partial charge in [-0.2, -0.15) is 5.10 Å². The second-order valence-corrected chi connectivity index (χ2v) is 4.80. The van der Waals surface area contributed by atoms with Gasteiger partial charge in [-0.3, -0.25) is 5.10 Å². The van der Waals surface area contributed by atoms with Gasteiger partial charge in [-0.05, 0) is 32.2 Å². The molecule has 0 radical (unpaired) electrons. The first-order valence-corrected chi connectivity index (χ1v) is 6.43. The number of rotatable bonds is 5. The highest BCUT2D eigenvalue weighted by atomic mass is 15.2. The van der Waals surface area contributed by atoms with Crippen molar-refractivity contribution in [2.45, 2.75) is 45.4 Å². The summed E-state index contributed by atoms with van der Waals surface area (Å²) >= 11 is 0. The molecule has 1 saturated carbocycles. The average molecular weight is 222 g/mol. The molecule has 1 aliphatic carbocycles. The first-order chi connectivity index (χ1) is 7.84. The minimum atomic E-state index is 0.905. The largest absolute Gasteiger partial charge is 0.316 e. The molecule has 1 aromatic rings. The van der Waals surface area contributed by atoms with E-state index in [0.717, 1.165) is 30.5 Å². The molecule has 0 amide bonds. The number of hydrogen-bond acceptors (Lipinski definition) is 3. The summed E-state index contributed by atoms with van der Waals surface area (Å²) in [6, 6.07) is 0. The Bertz CT molecular complexity index is 302. The van der Waals surface area contributed by atoms with Gasteiger partial charge in [-0.25, -0.2) is 4.98 Å². The van der Waals surface area contributed by atoms with E-state index in [1.807, 2.05) is 6.92 Å². The summed E-state index contributed by atoms with van der Waals surface area (Å²) in [5, 5.41) is 10.5. The number of aromatic nitrogens is 3. The molecule has 0 aliphatic heterocycles. The maximum absolute atomic E-state index is 4.29. The van der Waals surface area contributed by atoms with E-state index in [1.165, 1.54) is 38.6 Å². The van der Waals surface area contributed by atoms with E-state index in [-0.39, 0.29) is 0 Å². The van der Waals surface area contributed by atoms with Crippen LogP contribution in [0.4, 0.5) is 0 Å². The molecular formula is C12H22N4. The Morgan fingerprint density at radius 2 is 2.12 bits per heavy atom. The lowest BCUT2D eigenvalue weighted by atomic mass is 9.89. The van der Waals surface area contributed by atoms with Crippen molar-refractivity contribution < 1.29 is 0 Å². The standard InChI is InChI=1S/C12H22N4/c1-10-14-12(16-15-10)7-8-13-9-11-5-3-2-4-6-11/h11,13H,2-9H2,1H3,(H,14,15,16). The topological polar surface area (TPSA) is 53.6 Å². The summed E-state index contributed by atoms with van der Waals surface area (Å²) in [6.45, 7) is 4.10. The van der Waals surface area contributed by atoms with Crippen molar-refractivity contribution in [2.24, 2.45) is 5.92 Å². The van der Waals surface area contributed by atoms with Crippen LogP contribution in [0.3, 0.4) is 0 Å². The number of aryl methyl sites for hydroxylation is 1. The second-order valence-electron chi connectivity index (χ2n) is 4.80. The van der Waals surface area contributed by atoms with Crippen molar-refractivity contribution in [3.63, 3.8) is 0 Å². The van der Waals surface area contributed by atoms with Crippen LogP contribution in [0.5, 0.6) is 0 Å². The fraction of sp³-hybridized carbons (Fsp3) is 0.833. The lowest BCUT2D eigenvalue weighted by Crippen LogP contribution is -2.26. The lowest BCUT2D eigenvalue weighted by Gasteiger charge is -2.21. The fourth-order valence-corrected chi connectivity index (χ4v) is 2.40. The second kappa shape index (κ2) is 5.99. The Balaban J connectivity index is 1.57. The third-order valence-corrected chi connectivity index (χ3v) is 3.33. The van der Waals surface area contributed by atoms with E-state index in [9.17, 15) is 0 Å². The van der Waals surface area contributed by atoms with Gasteiger partial charge >= 0.3 is 0 Å². The van der Waals surface area contributed by atoms with Crippen LogP contribution in [0.15, 0.2) is 0 Å². The normalized spacial score (nSPS) is 17.8. The lowest BCUT2D eigenvalue weighted by molar-refractivity contribution is 0.343. The van der Waals surface area contributed by atoms with E-state index >= 15 is 0 Å². The zero-order valence-electron chi connectivity index (χ0n) is 10.1. The summed E-state index contributed by atoms with van der Waals surface area (Å²) in [7, 11) is 0. The average Bonchev–Trinajstić information content (AvgIpc) is 2.72. The van der Waals surface area contributed by atoms with Gasteiger partial charge in [0.05, 0.1) is 0 Å². The van der Waals surface area contributed by atoms with Crippen molar-refractivity contribution in [1.82, 2.24) is 20.5 Å². The smallest absolute Gasteiger partial charge is 0.151 e. The first-order valence-electron chi connectivity index (χ1n) is 6.43. The molecular weight excluding hydrogens is 200 g/mol. The number of aromatic amines is 1. The maximum Gasteiger partial charge on any atom is 0.151 e. The predicted octanol–water partition coefficient (Wildman–Crippen LogP) is 1.83. The molecule has 0 aromatic carbocycles. The number of nitrogens with one attached hydrogen (secondary N) is 2. The van der Waals surface area contributed by atoms with Gasteiger partial charge in [0.15, 0.2) is 5.82 Å². The summed E-state index contributed by atoms with van der Waals surface area (Å²) in [4.78, 5) is 4.29. The molecule has 16 heavy (non-hydrogen) atoms. The van der Waals surface area contributed by atoms with Crippen LogP contribution in [0.2, 0.25) is 0 Å². The number of hydrogen-bond donors (Lipinski definition) is 2. The maximum atomic E-state index is 4.29. The van der Waals surface area contributed by atoms with Crippen LogP contribution in [-0.2, 0) is 6.42 Å². The minimum absolute atomic E-state index is 0.905. The van der Waals surface area contributed by atoms with Crippen LogP contribution < -0.4 is 5.32 Å². The molecule has 0 saturated heterocycles. The van der Waals surface area contributed by atoms with Gasteiger partial charge in [-0.15, -0.1) is 0 Å². The zero-order valence-corrected chi connectivity index (χ0v) is 10.1. The molecule has 4 heteroatoms. The molecule has 0 spiro atoms. The van der Waals surface area contributed by atoms with E-state index in [2.05, 4.69) is 20.5 Å². The first kappa shape index (κ1) is 11.6. The van der Waals surface area contributed by atoms with Gasteiger partial charge in [-0.1, -0.05) is 19.3 Å². The molecule has 2 rings (SSSR count). The molecule has 0 unspecified atom stereocenters. The minimum Gasteiger partial charge on any atom is -0.316 e. The van der Waals surface area contributed by atoms with Gasteiger partial charge < -0.3 is 5.32 Å². The van der Waals surface area contributed by atoms with Crippen LogP contribution in [0.1, 0.15) is 43.8 Å². The van der Waals surface area contributed by atoms with Gasteiger partial charge in [0.25, 0.3) is 0 Å². The highest BCUT2D eigenvalue weighted by molar-refractivity contribution is 4.88. The van der Waals surface area contributed by atoms with Crippen molar-refractivity contribution >= 4 is 0 Å². The van der Waals surface area contributed by atoms with Crippen molar-refractivity contribution in [3.8, 4) is 0 Å². The van der Waals surface area contributed by atoms with Gasteiger partial charge in [0, 0.05) is 13.0 Å². The Hall–Kier alpha value is -0.900. The Morgan fingerprint density at radius 3 is 2.81 bits per heavy atom. The van der Waals surface area contributed by atoms with E-state index < -0.39 is 0 Å². The van der Waals surface area contributed by atoms with Crippen LogP contribution in [0, 0.1) is 12.8 Å². The summed E-state index contributed by atoms with van der Waals surface area (Å²) in [5.74, 6) is 2.73. The SMILES string of the molecule is Cc1nc(CCNCC2CCCCC2)n[nH]1. The Labute approximate surface area is 97.2 Å². The third kappa shape index (κ3) is 3.59. The van der Waals surface area contributed by atoms with Crippen LogP contribution in [0.25, 0.3) is 0 Å². The molecule has 1 heterocycles. The quantitative estimate of drug-likeness (QED) is 0.747. The highest BCUT2D eigenvalue weighted by Gasteiger charge is 2.12. The predicted molar refractivity (Wildman–Crippen MR) is 64.3 cm³/mol. The third-order valence-electron chi connectivity index (χ3n) is 3.33. The molecule has 4 nitrogen and oxygen atoms in total. The fourth-order valence-electron chi connectivity index (χ4n) is 2.40. The van der Waals surface area contributed by atoms with E-state index in [4.69, 9.17) is 0 Å². The van der Waals surface area contributed by atoms with Crippen molar-refractivity contribution in [1.29, 1.82) is 0 Å². The molecule has 1 fully saturated rings. The Kier molecular flexibility index (Phi) is 4.34. The monoisotopic (exact) mass is 222 g/mol. The van der Waals surface area contributed by atoms with E-state index in [1.54, 1.807) is 0 Å². The highest BCUT2D eigenvalue weighted by Crippen LogP contribution is 2.22. The number of nitrogens with zero attached hydrogens (tertiary/aromatic N) is 2. The molecule has 1 aliphatic rings. The van der Waals surface area contributed by atoms with E-state index in [0.29, 0.717) is 0 Å². The molecule has 0 atom stereocenters. The van der Waals surface area contributed by atoms with Crippen LogP contribution >= 0.6 is 0 Å². The molecule has 1 aromatic heterocycles. The summed E-state index contributed by atoms with van der Waals surface area (Å²) < 4.78 is 0. The molecule has 0 bridgehead atoms. The van der Waals surface area contributed by atoms with Crippen LogP contribution in [-0.4, -0.2) is 28.3 Å². The van der Waals surface area contributed by atoms with Gasteiger partial charge in [0.1, 0.15) is 5.82 Å². The molecule has 90 valence electrons. The Morgan fingerprint density at radius 1 is 1.31 bits per heavy atom. The summed E-state index contributed by atoms with van der Waals surface area (Å²) in [6.07, 6.45) is 8.03. The number of H-pyrrole nitrogens is 1. The summed E-state index contributed by atoms with van der Waals surface area (Å²) in [5.41, 5.74) is 0. The van der Waals surface area contributed by atoms with Crippen molar-refractivity contribution in [3.05, 3.63) is 11.6 Å².